The van der Waals surface area contributed by atoms with Gasteiger partial charge in [-0.3, -0.25) is 4.79 Å². The van der Waals surface area contributed by atoms with Crippen LogP contribution in [0.2, 0.25) is 0 Å². The van der Waals surface area contributed by atoms with Crippen molar-refractivity contribution in [3.05, 3.63) is 41.3 Å². The van der Waals surface area contributed by atoms with Gasteiger partial charge in [0.05, 0.1) is 12.1 Å². The zero-order chi connectivity index (χ0) is 13.1. The maximum Gasteiger partial charge on any atom is 0.303 e. The molecule has 1 aromatic carbocycles. The molecule has 2 rings (SSSR count). The second-order valence-electron chi connectivity index (χ2n) is 4.37. The molecule has 18 heavy (non-hydrogen) atoms. The molecular weight excluding hydrogens is 228 g/mol. The summed E-state index contributed by atoms with van der Waals surface area (Å²) in [7, 11) is 0. The van der Waals surface area contributed by atoms with Gasteiger partial charge in [-0.05, 0) is 19.4 Å². The molecule has 0 radical (unpaired) electrons. The Hall–Kier alpha value is -2.10. The molecule has 4 heteroatoms. The van der Waals surface area contributed by atoms with Crippen molar-refractivity contribution in [3.8, 4) is 11.3 Å². The van der Waals surface area contributed by atoms with E-state index in [1.807, 2.05) is 38.1 Å². The maximum absolute atomic E-state index is 10.5. The molecule has 2 aromatic rings. The Kier molecular flexibility index (Phi) is 3.46. The van der Waals surface area contributed by atoms with Crippen molar-refractivity contribution in [3.63, 3.8) is 0 Å². The molecule has 2 N–H and O–H groups in total. The number of H-pyrrole nitrogens is 1. The van der Waals surface area contributed by atoms with Crippen molar-refractivity contribution in [2.24, 2.45) is 0 Å². The fraction of sp³-hybridized carbons (Fsp3) is 0.286. The van der Waals surface area contributed by atoms with Gasteiger partial charge in [0.15, 0.2) is 0 Å². The van der Waals surface area contributed by atoms with Crippen molar-refractivity contribution < 1.29 is 9.90 Å². The molecule has 0 saturated heterocycles. The number of rotatable bonds is 4. The third-order valence-corrected chi connectivity index (χ3v) is 2.91. The number of carboxylic acids is 1. The highest BCUT2D eigenvalue weighted by atomic mass is 16.4. The molecule has 0 aliphatic carbocycles. The number of aromatic amines is 1. The van der Waals surface area contributed by atoms with Gasteiger partial charge in [0.25, 0.3) is 0 Å². The third-order valence-electron chi connectivity index (χ3n) is 2.91. The van der Waals surface area contributed by atoms with Gasteiger partial charge in [-0.1, -0.05) is 24.3 Å². The van der Waals surface area contributed by atoms with Gasteiger partial charge in [0, 0.05) is 17.7 Å². The van der Waals surface area contributed by atoms with E-state index in [1.165, 1.54) is 0 Å². The summed E-state index contributed by atoms with van der Waals surface area (Å²) < 4.78 is 0. The summed E-state index contributed by atoms with van der Waals surface area (Å²) in [6.45, 7) is 4.00. The van der Waals surface area contributed by atoms with Crippen LogP contribution < -0.4 is 0 Å². The Morgan fingerprint density at radius 3 is 2.72 bits per heavy atom. The van der Waals surface area contributed by atoms with Gasteiger partial charge < -0.3 is 10.1 Å². The first-order valence-electron chi connectivity index (χ1n) is 5.91. The smallest absolute Gasteiger partial charge is 0.303 e. The van der Waals surface area contributed by atoms with E-state index in [4.69, 9.17) is 5.11 Å². The summed E-state index contributed by atoms with van der Waals surface area (Å²) in [4.78, 5) is 18.2. The van der Waals surface area contributed by atoms with Gasteiger partial charge in [-0.25, -0.2) is 4.98 Å². The molecule has 0 atom stereocenters. The fourth-order valence-corrected chi connectivity index (χ4v) is 1.97. The van der Waals surface area contributed by atoms with Crippen molar-refractivity contribution >= 4 is 5.97 Å². The largest absolute Gasteiger partial charge is 0.481 e. The highest BCUT2D eigenvalue weighted by Gasteiger charge is 2.11. The first-order chi connectivity index (χ1) is 8.58. The Bertz CT molecular complexity index is 573. The Morgan fingerprint density at radius 1 is 1.33 bits per heavy atom. The quantitative estimate of drug-likeness (QED) is 0.869. The van der Waals surface area contributed by atoms with Crippen LogP contribution in [0, 0.1) is 13.8 Å². The van der Waals surface area contributed by atoms with Crippen LogP contribution >= 0.6 is 0 Å². The molecule has 0 amide bonds. The Labute approximate surface area is 106 Å². The van der Waals surface area contributed by atoms with Crippen molar-refractivity contribution in [1.29, 1.82) is 0 Å². The lowest BCUT2D eigenvalue weighted by atomic mass is 10.1. The summed E-state index contributed by atoms with van der Waals surface area (Å²) in [6, 6.07) is 8.04. The highest BCUT2D eigenvalue weighted by Crippen LogP contribution is 2.24. The van der Waals surface area contributed by atoms with Gasteiger partial charge in [0.2, 0.25) is 0 Å². The van der Waals surface area contributed by atoms with E-state index in [9.17, 15) is 4.79 Å². The van der Waals surface area contributed by atoms with E-state index in [-0.39, 0.29) is 6.42 Å². The summed E-state index contributed by atoms with van der Waals surface area (Å²) in [6.07, 6.45) is 0.530. The maximum atomic E-state index is 10.5. The number of imidazole rings is 1. The number of nitrogens with one attached hydrogen (secondary N) is 1. The summed E-state index contributed by atoms with van der Waals surface area (Å²) in [5.41, 5.74) is 4.14. The SMILES string of the molecule is Cc1ccccc1-c1nc(CCC(=O)O)[nH]c1C. The molecule has 1 heterocycles. The van der Waals surface area contributed by atoms with Crippen LogP contribution in [0.15, 0.2) is 24.3 Å². The molecule has 0 aliphatic rings. The topological polar surface area (TPSA) is 66.0 Å². The molecule has 0 saturated carbocycles. The summed E-state index contributed by atoms with van der Waals surface area (Å²) in [5.74, 6) is -0.0744. The van der Waals surface area contributed by atoms with Crippen LogP contribution in [0.3, 0.4) is 0 Å². The molecule has 94 valence electrons. The second kappa shape index (κ2) is 5.04. The minimum Gasteiger partial charge on any atom is -0.481 e. The first-order valence-corrected chi connectivity index (χ1v) is 5.91. The molecule has 0 bridgehead atoms. The van der Waals surface area contributed by atoms with Crippen molar-refractivity contribution in [2.45, 2.75) is 26.7 Å². The van der Waals surface area contributed by atoms with Gasteiger partial charge in [0.1, 0.15) is 5.82 Å². The number of aliphatic carboxylic acids is 1. The van der Waals surface area contributed by atoms with Crippen LogP contribution in [0.4, 0.5) is 0 Å². The van der Waals surface area contributed by atoms with Crippen molar-refractivity contribution in [1.82, 2.24) is 9.97 Å². The lowest BCUT2D eigenvalue weighted by Crippen LogP contribution is -1.98. The second-order valence-corrected chi connectivity index (χ2v) is 4.37. The zero-order valence-corrected chi connectivity index (χ0v) is 10.5. The molecule has 0 spiro atoms. The lowest BCUT2D eigenvalue weighted by Gasteiger charge is -2.02. The minimum absolute atomic E-state index is 0.0974. The molecular formula is C14H16N2O2. The van der Waals surface area contributed by atoms with Crippen LogP contribution in [0.1, 0.15) is 23.5 Å². The summed E-state index contributed by atoms with van der Waals surface area (Å²) in [5, 5.41) is 8.67. The molecule has 1 aromatic heterocycles. The fourth-order valence-electron chi connectivity index (χ4n) is 1.97. The normalized spacial score (nSPS) is 10.6. The number of benzene rings is 1. The average molecular weight is 244 g/mol. The Balaban J connectivity index is 2.30. The number of aromatic nitrogens is 2. The number of carboxylic acid groups (broad SMARTS) is 1. The molecule has 4 nitrogen and oxygen atoms in total. The number of hydrogen-bond acceptors (Lipinski definition) is 2. The molecule has 0 aliphatic heterocycles. The molecule has 0 fully saturated rings. The van der Waals surface area contributed by atoms with Crippen LogP contribution in [0.25, 0.3) is 11.3 Å². The third kappa shape index (κ3) is 2.59. The van der Waals surface area contributed by atoms with E-state index in [0.717, 1.165) is 28.3 Å². The number of nitrogens with zero attached hydrogens (tertiary/aromatic N) is 1. The number of carbonyl (C=O) groups is 1. The van der Waals surface area contributed by atoms with Crippen molar-refractivity contribution in [2.75, 3.05) is 0 Å². The van der Waals surface area contributed by atoms with E-state index in [2.05, 4.69) is 9.97 Å². The van der Waals surface area contributed by atoms with E-state index in [0.29, 0.717) is 6.42 Å². The average Bonchev–Trinajstić information content (AvgIpc) is 2.69. The minimum atomic E-state index is -0.804. The lowest BCUT2D eigenvalue weighted by molar-refractivity contribution is -0.137. The van der Waals surface area contributed by atoms with E-state index in [1.54, 1.807) is 0 Å². The van der Waals surface area contributed by atoms with Crippen LogP contribution in [0.5, 0.6) is 0 Å². The van der Waals surface area contributed by atoms with E-state index < -0.39 is 5.97 Å². The van der Waals surface area contributed by atoms with Gasteiger partial charge >= 0.3 is 5.97 Å². The zero-order valence-electron chi connectivity index (χ0n) is 10.5. The molecule has 0 unspecified atom stereocenters. The predicted octanol–water partition coefficient (Wildman–Crippen LogP) is 2.71. The van der Waals surface area contributed by atoms with Gasteiger partial charge in [-0.2, -0.15) is 0 Å². The predicted molar refractivity (Wildman–Crippen MR) is 69.5 cm³/mol. The summed E-state index contributed by atoms with van der Waals surface area (Å²) >= 11 is 0. The number of hydrogen-bond donors (Lipinski definition) is 2. The first kappa shape index (κ1) is 12.4. The number of aryl methyl sites for hydroxylation is 3. The van der Waals surface area contributed by atoms with E-state index >= 15 is 0 Å². The van der Waals surface area contributed by atoms with Gasteiger partial charge in [-0.15, -0.1) is 0 Å². The van der Waals surface area contributed by atoms with Crippen LogP contribution in [-0.4, -0.2) is 21.0 Å². The standard InChI is InChI=1S/C14H16N2O2/c1-9-5-3-4-6-11(9)14-10(2)15-12(16-14)7-8-13(17)18/h3-6H,7-8H2,1-2H3,(H,15,16)(H,17,18). The monoisotopic (exact) mass is 244 g/mol. The Morgan fingerprint density at radius 2 is 2.06 bits per heavy atom. The van der Waals surface area contributed by atoms with Crippen LogP contribution in [-0.2, 0) is 11.2 Å². The highest BCUT2D eigenvalue weighted by molar-refractivity contribution is 5.67.